The standard InChI is InChI=1S/C25H24FNO6.C24H24FNO4.C2H3O.Ag.O/c1-25(2,3)12-20(28)15-8-10-17(11-9-15)33-14-16(21(26)24(31)32)13-27-22(29)18-6-4-5-7-19(18)23(27)30;1-24(2,3)12-21(27)17-8-10-18(11-9-17)30-15-16(13-25)14-26-22(28)19-6-4-5-7-20(19)23(26)29;1-2-3;;/h4-11H,12-14H2,1-3H3,(H,31,32);4-11,13H,12,14-15H2,1-3H3;1H3;;/q;;-1;;/b21-16+;16-13+;;;. The van der Waals surface area contributed by atoms with Gasteiger partial charge in [-0.1, -0.05) is 65.8 Å². The maximum absolute atomic E-state index is 14.4. The molecule has 4 aromatic carbocycles. The molecule has 0 bridgehead atoms. The van der Waals surface area contributed by atoms with Crippen molar-refractivity contribution in [3.63, 3.8) is 0 Å². The fourth-order valence-corrected chi connectivity index (χ4v) is 6.59. The molecule has 4 aromatic rings. The van der Waals surface area contributed by atoms with Gasteiger partial charge in [-0.25, -0.2) is 9.18 Å². The minimum atomic E-state index is -1.83. The van der Waals surface area contributed by atoms with Crippen molar-refractivity contribution in [2.75, 3.05) is 26.3 Å². The van der Waals surface area contributed by atoms with Crippen molar-refractivity contribution in [1.82, 2.24) is 9.80 Å². The molecule has 4 amide bonds. The molecule has 0 spiro atoms. The number of aliphatic carboxylic acids is 1. The molecule has 0 saturated heterocycles. The Bertz CT molecular complexity index is 2510. The van der Waals surface area contributed by atoms with Gasteiger partial charge in [-0.3, -0.25) is 44.9 Å². The average molecular weight is 1030 g/mol. The second kappa shape index (κ2) is 25.3. The summed E-state index contributed by atoms with van der Waals surface area (Å²) in [5, 5.41) is 9.10. The molecule has 0 aliphatic carbocycles. The molecule has 68 heavy (non-hydrogen) atoms. The van der Waals surface area contributed by atoms with E-state index in [1.54, 1.807) is 93.8 Å². The van der Waals surface area contributed by atoms with Crippen LogP contribution in [0.4, 0.5) is 8.78 Å². The number of benzene rings is 4. The Morgan fingerprint density at radius 1 is 0.618 bits per heavy atom. The van der Waals surface area contributed by atoms with Crippen molar-refractivity contribution >= 4 is 47.5 Å². The van der Waals surface area contributed by atoms with Crippen LogP contribution in [0.15, 0.2) is 120 Å². The van der Waals surface area contributed by atoms with E-state index in [1.807, 2.05) is 41.5 Å². The van der Waals surface area contributed by atoms with Gasteiger partial charge in [0, 0.05) is 35.1 Å². The van der Waals surface area contributed by atoms with E-state index in [-0.39, 0.29) is 63.6 Å². The second-order valence-corrected chi connectivity index (χ2v) is 17.6. The van der Waals surface area contributed by atoms with Crippen LogP contribution in [0.3, 0.4) is 0 Å². The Balaban J connectivity index is 0.000000330. The molecule has 0 atom stereocenters. The predicted molar refractivity (Wildman–Crippen MR) is 241 cm³/mol. The van der Waals surface area contributed by atoms with Gasteiger partial charge in [0.05, 0.1) is 41.7 Å². The molecule has 363 valence electrons. The third-order valence-electron chi connectivity index (χ3n) is 9.69. The molecule has 17 heteroatoms. The fourth-order valence-electron chi connectivity index (χ4n) is 6.59. The number of rotatable bonds is 15. The first-order valence-electron chi connectivity index (χ1n) is 20.8. The van der Waals surface area contributed by atoms with Crippen molar-refractivity contribution in [2.24, 2.45) is 10.8 Å². The molecule has 6 rings (SSSR count). The number of carboxylic acid groups (broad SMARTS) is 1. The summed E-state index contributed by atoms with van der Waals surface area (Å²) >= 11 is 1.70. The summed E-state index contributed by atoms with van der Waals surface area (Å²) in [6, 6.07) is 25.5. The van der Waals surface area contributed by atoms with E-state index in [4.69, 9.17) is 22.6 Å². The van der Waals surface area contributed by atoms with Crippen molar-refractivity contribution < 1.29 is 86.0 Å². The SMILES string of the molecule is CC(C)(C)CC(=O)c1ccc(OC/C(=C/F)CN2C(=O)c3ccccc3C2=O)cc1.CC(C)(C)CC(=O)c1ccc(OC/C(CN2C(=O)c3ccccc3C2=O)=C(/F)C(=O)O)cc1.C[C-]=O.[O]=[Ag]. The van der Waals surface area contributed by atoms with E-state index in [1.165, 1.54) is 37.5 Å². The van der Waals surface area contributed by atoms with Gasteiger partial charge >= 0.3 is 30.3 Å². The van der Waals surface area contributed by atoms with Crippen LogP contribution in [0.2, 0.25) is 0 Å². The van der Waals surface area contributed by atoms with Gasteiger partial charge in [0.25, 0.3) is 23.6 Å². The van der Waals surface area contributed by atoms with Crippen LogP contribution in [0.25, 0.3) is 0 Å². The van der Waals surface area contributed by atoms with Gasteiger partial charge in [0.2, 0.25) is 5.83 Å². The van der Waals surface area contributed by atoms with Crippen LogP contribution in [0, 0.1) is 10.8 Å². The number of Topliss-reactive ketones (excluding diaryl/α,β-unsaturated/α-hetero) is 2. The number of ketones is 2. The topological polar surface area (TPSA) is 199 Å². The van der Waals surface area contributed by atoms with E-state index in [0.29, 0.717) is 47.2 Å². The number of imide groups is 2. The minimum absolute atomic E-state index is 0.0304. The van der Waals surface area contributed by atoms with E-state index in [9.17, 15) is 42.3 Å². The fraction of sp³-hybridized carbons (Fsp3) is 0.294. The first-order chi connectivity index (χ1) is 32.1. The number of halogens is 2. The van der Waals surface area contributed by atoms with E-state index < -0.39 is 48.6 Å². The van der Waals surface area contributed by atoms with Crippen molar-refractivity contribution in [3.05, 3.63) is 154 Å². The Morgan fingerprint density at radius 2 is 0.941 bits per heavy atom. The predicted octanol–water partition coefficient (Wildman–Crippen LogP) is 9.12. The molecule has 0 aromatic heterocycles. The molecular weight excluding hydrogens is 978 g/mol. The number of amides is 4. The third-order valence-corrected chi connectivity index (χ3v) is 9.69. The van der Waals surface area contributed by atoms with Gasteiger partial charge < -0.3 is 19.4 Å². The average Bonchev–Trinajstić information content (AvgIpc) is 3.69. The summed E-state index contributed by atoms with van der Waals surface area (Å²) in [4.78, 5) is 96.2. The molecule has 2 aliphatic heterocycles. The maximum atomic E-state index is 14.4. The number of carbonyl (C=O) groups excluding carboxylic acids is 7. The molecule has 1 N–H and O–H groups in total. The Kier molecular flexibility index (Phi) is 20.6. The quantitative estimate of drug-likeness (QED) is 0.0390. The molecule has 2 aliphatic rings. The number of ether oxygens (including phenoxy) is 2. The van der Waals surface area contributed by atoms with Crippen LogP contribution in [0.5, 0.6) is 11.5 Å². The number of carbonyl (C=O) groups is 7. The van der Waals surface area contributed by atoms with Crippen LogP contribution in [-0.4, -0.2) is 88.7 Å². The second-order valence-electron chi connectivity index (χ2n) is 17.6. The van der Waals surface area contributed by atoms with Crippen molar-refractivity contribution in [3.8, 4) is 11.5 Å². The van der Waals surface area contributed by atoms with Crippen LogP contribution in [-0.2, 0) is 33.9 Å². The Labute approximate surface area is 405 Å². The van der Waals surface area contributed by atoms with E-state index in [0.717, 1.165) is 9.80 Å². The zero-order chi connectivity index (χ0) is 50.9. The summed E-state index contributed by atoms with van der Waals surface area (Å²) in [6.07, 6.45) is 2.65. The first-order valence-corrected chi connectivity index (χ1v) is 21.4. The summed E-state index contributed by atoms with van der Waals surface area (Å²) in [7, 11) is 0. The number of hydrogen-bond acceptors (Lipinski definition) is 11. The summed E-state index contributed by atoms with van der Waals surface area (Å²) in [5.74, 6) is -4.73. The van der Waals surface area contributed by atoms with Crippen molar-refractivity contribution in [1.29, 1.82) is 0 Å². The summed E-state index contributed by atoms with van der Waals surface area (Å²) < 4.78 is 46.9. The number of carboxylic acids is 1. The molecular formula is C51H51AgF2N2O12-. The molecule has 0 fully saturated rings. The Hall–Kier alpha value is -6.88. The van der Waals surface area contributed by atoms with E-state index in [2.05, 4.69) is 0 Å². The Morgan fingerprint density at radius 3 is 1.25 bits per heavy atom. The first kappa shape index (κ1) is 55.4. The van der Waals surface area contributed by atoms with Crippen LogP contribution in [0.1, 0.15) is 123 Å². The van der Waals surface area contributed by atoms with Gasteiger partial charge in [-0.2, -0.15) is 11.3 Å². The van der Waals surface area contributed by atoms with E-state index >= 15 is 0 Å². The van der Waals surface area contributed by atoms with Crippen LogP contribution >= 0.6 is 0 Å². The monoisotopic (exact) mass is 1030 g/mol. The molecule has 2 heterocycles. The summed E-state index contributed by atoms with van der Waals surface area (Å²) in [5.41, 5.74) is 1.58. The normalized spacial score (nSPS) is 13.4. The van der Waals surface area contributed by atoms with Crippen molar-refractivity contribution in [2.45, 2.75) is 61.3 Å². The number of hydrogen-bond donors (Lipinski definition) is 1. The molecule has 14 nitrogen and oxygen atoms in total. The zero-order valence-electron chi connectivity index (χ0n) is 38.4. The van der Waals surface area contributed by atoms with Gasteiger partial charge in [0.1, 0.15) is 24.7 Å². The summed E-state index contributed by atoms with van der Waals surface area (Å²) in [6.45, 7) is 11.8. The molecule has 0 unspecified atom stereocenters. The number of fused-ring (bicyclic) bond motifs is 2. The van der Waals surface area contributed by atoms with Gasteiger partial charge in [-0.15, -0.1) is 0 Å². The van der Waals surface area contributed by atoms with Gasteiger partial charge in [-0.05, 0) is 83.6 Å². The number of nitrogens with zero attached hydrogens (tertiary/aromatic N) is 2. The van der Waals surface area contributed by atoms with Crippen LogP contribution < -0.4 is 9.47 Å². The third kappa shape index (κ3) is 15.6. The molecule has 0 saturated carbocycles. The zero-order valence-corrected chi connectivity index (χ0v) is 39.9. The van der Waals surface area contributed by atoms with Gasteiger partial charge in [0.15, 0.2) is 11.6 Å². The molecule has 0 radical (unpaired) electrons.